The minimum Gasteiger partial charge on any atom is -0.205 e. The Hall–Kier alpha value is -1.18. The second kappa shape index (κ2) is 3.44. The molecule has 0 saturated heterocycles. The van der Waals surface area contributed by atoms with E-state index in [-0.39, 0.29) is 18.2 Å². The molecule has 0 heterocycles. The van der Waals surface area contributed by atoms with E-state index in [1.165, 1.54) is 0 Å². The van der Waals surface area contributed by atoms with Crippen molar-refractivity contribution in [3.63, 3.8) is 0 Å². The fourth-order valence-electron chi connectivity index (χ4n) is 0.875. The molecule has 2 nitrogen and oxygen atoms in total. The van der Waals surface area contributed by atoms with Crippen LogP contribution >= 0.6 is 0 Å². The molecule has 0 fully saturated rings. The van der Waals surface area contributed by atoms with E-state index in [1.54, 1.807) is 0 Å². The third kappa shape index (κ3) is 2.65. The average Bonchev–Trinajstić information content (AvgIpc) is 1.99. The molecule has 0 aliphatic heterocycles. The van der Waals surface area contributed by atoms with Crippen LogP contribution in [0.4, 0.5) is 21.4 Å². The van der Waals surface area contributed by atoms with E-state index >= 15 is 0 Å². The molecule has 0 unspecified atom stereocenters. The van der Waals surface area contributed by atoms with Gasteiger partial charge in [0.15, 0.2) is 0 Å². The molecule has 0 amide bonds. The van der Waals surface area contributed by atoms with Crippen LogP contribution in [0.3, 0.4) is 0 Å². The summed E-state index contributed by atoms with van der Waals surface area (Å²) in [4.78, 5) is -1.41. The Morgan fingerprint density at radius 2 is 1.67 bits per heavy atom. The molecule has 84 valence electrons. The number of halogens is 5. The van der Waals surface area contributed by atoms with Crippen LogP contribution in [0.2, 0.25) is 0 Å². The highest BCUT2D eigenvalue weighted by molar-refractivity contribution is 7.86. The number of alkyl halides is 3. The Morgan fingerprint density at radius 3 is 2.00 bits per heavy atom. The molecule has 0 bridgehead atoms. The quantitative estimate of drug-likeness (QED) is 0.563. The summed E-state index contributed by atoms with van der Waals surface area (Å²) in [7, 11) is -5.34. The summed E-state index contributed by atoms with van der Waals surface area (Å²) in [6.45, 7) is 0. The predicted molar refractivity (Wildman–Crippen MR) is 39.7 cm³/mol. The van der Waals surface area contributed by atoms with Gasteiger partial charge in [-0.1, -0.05) is 0 Å². The number of rotatable bonds is 1. The lowest BCUT2D eigenvalue weighted by Gasteiger charge is -2.06. The van der Waals surface area contributed by atoms with Crippen LogP contribution in [0.15, 0.2) is 23.1 Å². The standard InChI is InChI=1S/C7H3F5O2S/c8-5-3-4(7(9,10)11)1-2-6(5)15(12,13)14/h1-3H. The summed E-state index contributed by atoms with van der Waals surface area (Å²) >= 11 is 0. The molecule has 1 aromatic rings. The molecule has 0 atom stereocenters. The fraction of sp³-hybridized carbons (Fsp3) is 0.143. The lowest BCUT2D eigenvalue weighted by Crippen LogP contribution is -2.07. The summed E-state index contributed by atoms with van der Waals surface area (Å²) < 4.78 is 81.4. The maximum absolute atomic E-state index is 12.8. The zero-order valence-electron chi connectivity index (χ0n) is 6.85. The normalized spacial score (nSPS) is 12.9. The smallest absolute Gasteiger partial charge is 0.205 e. The van der Waals surface area contributed by atoms with E-state index in [2.05, 4.69) is 0 Å². The summed E-state index contributed by atoms with van der Waals surface area (Å²) in [6, 6.07) is 0.440. The van der Waals surface area contributed by atoms with E-state index in [0.717, 1.165) is 0 Å². The molecule has 0 aliphatic carbocycles. The van der Waals surface area contributed by atoms with Crippen LogP contribution in [0.1, 0.15) is 5.56 Å². The van der Waals surface area contributed by atoms with Crippen molar-refractivity contribution >= 4 is 10.2 Å². The van der Waals surface area contributed by atoms with E-state index in [0.29, 0.717) is 0 Å². The van der Waals surface area contributed by atoms with Gasteiger partial charge < -0.3 is 0 Å². The Balaban J connectivity index is 3.34. The van der Waals surface area contributed by atoms with Gasteiger partial charge in [0.05, 0.1) is 5.56 Å². The Bertz CT molecular complexity index is 477. The van der Waals surface area contributed by atoms with Gasteiger partial charge in [-0.2, -0.15) is 21.6 Å². The molecule has 0 saturated carbocycles. The predicted octanol–water partition coefficient (Wildman–Crippen LogP) is 2.50. The van der Waals surface area contributed by atoms with Crippen LogP contribution in [-0.2, 0) is 16.4 Å². The zero-order valence-corrected chi connectivity index (χ0v) is 7.66. The average molecular weight is 246 g/mol. The van der Waals surface area contributed by atoms with Gasteiger partial charge in [0, 0.05) is 0 Å². The highest BCUT2D eigenvalue weighted by Gasteiger charge is 2.32. The zero-order chi connectivity index (χ0) is 11.9. The SMILES string of the molecule is O=S(=O)(F)c1ccc(C(F)(F)F)cc1F. The Kier molecular flexibility index (Phi) is 2.73. The summed E-state index contributed by atoms with van der Waals surface area (Å²) in [6.07, 6.45) is -4.81. The topological polar surface area (TPSA) is 34.1 Å². The van der Waals surface area contributed by atoms with Crippen molar-refractivity contribution in [1.82, 2.24) is 0 Å². The first kappa shape index (κ1) is 11.9. The number of benzene rings is 1. The molecular weight excluding hydrogens is 243 g/mol. The molecule has 15 heavy (non-hydrogen) atoms. The van der Waals surface area contributed by atoms with Crippen molar-refractivity contribution in [3.8, 4) is 0 Å². The number of hydrogen-bond acceptors (Lipinski definition) is 2. The lowest BCUT2D eigenvalue weighted by molar-refractivity contribution is -0.137. The Labute approximate surface area is 81.5 Å². The molecule has 0 spiro atoms. The second-order valence-electron chi connectivity index (χ2n) is 2.58. The van der Waals surface area contributed by atoms with E-state index in [1.807, 2.05) is 0 Å². The van der Waals surface area contributed by atoms with Crippen molar-refractivity contribution in [2.75, 3.05) is 0 Å². The van der Waals surface area contributed by atoms with E-state index < -0.39 is 32.7 Å². The van der Waals surface area contributed by atoms with Gasteiger partial charge in [0.2, 0.25) is 0 Å². The number of hydrogen-bond donors (Lipinski definition) is 0. The molecule has 0 aromatic heterocycles. The maximum atomic E-state index is 12.8. The Morgan fingerprint density at radius 1 is 1.13 bits per heavy atom. The monoisotopic (exact) mass is 246 g/mol. The van der Waals surface area contributed by atoms with Gasteiger partial charge in [0.25, 0.3) is 0 Å². The van der Waals surface area contributed by atoms with Crippen molar-refractivity contribution in [2.24, 2.45) is 0 Å². The summed E-state index contributed by atoms with van der Waals surface area (Å²) in [5.41, 5.74) is -1.38. The molecule has 0 N–H and O–H groups in total. The van der Waals surface area contributed by atoms with Crippen LogP contribution in [-0.4, -0.2) is 8.42 Å². The second-order valence-corrected chi connectivity index (χ2v) is 3.90. The largest absolute Gasteiger partial charge is 0.416 e. The summed E-state index contributed by atoms with van der Waals surface area (Å²) in [5.74, 6) is -1.77. The van der Waals surface area contributed by atoms with Crippen LogP contribution < -0.4 is 0 Å². The molecular formula is C7H3F5O2S. The highest BCUT2D eigenvalue weighted by atomic mass is 32.3. The van der Waals surface area contributed by atoms with Gasteiger partial charge in [0.1, 0.15) is 10.7 Å². The van der Waals surface area contributed by atoms with Gasteiger partial charge >= 0.3 is 16.4 Å². The van der Waals surface area contributed by atoms with E-state index in [9.17, 15) is 29.9 Å². The first-order valence-corrected chi connectivity index (χ1v) is 4.82. The van der Waals surface area contributed by atoms with Gasteiger partial charge in [-0.25, -0.2) is 4.39 Å². The third-order valence-electron chi connectivity index (χ3n) is 1.52. The first-order valence-electron chi connectivity index (χ1n) is 3.44. The lowest BCUT2D eigenvalue weighted by atomic mass is 10.2. The van der Waals surface area contributed by atoms with Crippen LogP contribution in [0.5, 0.6) is 0 Å². The van der Waals surface area contributed by atoms with Crippen molar-refractivity contribution < 1.29 is 29.9 Å². The minimum absolute atomic E-state index is 0.0769. The fourth-order valence-corrected chi connectivity index (χ4v) is 1.40. The molecule has 0 radical (unpaired) electrons. The van der Waals surface area contributed by atoms with Crippen molar-refractivity contribution in [3.05, 3.63) is 29.6 Å². The van der Waals surface area contributed by atoms with Gasteiger partial charge in [-0.3, -0.25) is 0 Å². The molecule has 1 aromatic carbocycles. The molecule has 1 rings (SSSR count). The van der Waals surface area contributed by atoms with Crippen molar-refractivity contribution in [2.45, 2.75) is 11.1 Å². The van der Waals surface area contributed by atoms with Crippen LogP contribution in [0.25, 0.3) is 0 Å². The molecule has 8 heteroatoms. The highest BCUT2D eigenvalue weighted by Crippen LogP contribution is 2.31. The first-order chi connectivity index (χ1) is 6.62. The van der Waals surface area contributed by atoms with Gasteiger partial charge in [-0.15, -0.1) is 3.89 Å². The van der Waals surface area contributed by atoms with Crippen LogP contribution in [0, 0.1) is 5.82 Å². The maximum Gasteiger partial charge on any atom is 0.416 e. The van der Waals surface area contributed by atoms with E-state index in [4.69, 9.17) is 0 Å². The van der Waals surface area contributed by atoms with Gasteiger partial charge in [-0.05, 0) is 18.2 Å². The summed E-state index contributed by atoms with van der Waals surface area (Å²) in [5, 5.41) is 0. The van der Waals surface area contributed by atoms with Crippen molar-refractivity contribution in [1.29, 1.82) is 0 Å². The molecule has 0 aliphatic rings. The minimum atomic E-state index is -5.34. The third-order valence-corrected chi connectivity index (χ3v) is 2.38.